The maximum Gasteiger partial charge on any atom is 0.339 e. The smallest absolute Gasteiger partial charge is 0.339 e. The van der Waals surface area contributed by atoms with E-state index in [1.807, 2.05) is 91.9 Å². The third-order valence-corrected chi connectivity index (χ3v) is 6.42. The molecule has 0 N–H and O–H groups in total. The summed E-state index contributed by atoms with van der Waals surface area (Å²) in [6.07, 6.45) is 0. The first-order chi connectivity index (χ1) is 17.6. The highest BCUT2D eigenvalue weighted by Gasteiger charge is 2.21. The summed E-state index contributed by atoms with van der Waals surface area (Å²) in [4.78, 5) is 32.7. The average molecular weight is 495 g/mol. The molecule has 0 aliphatic heterocycles. The van der Waals surface area contributed by atoms with Crippen molar-refractivity contribution in [3.05, 3.63) is 108 Å². The summed E-state index contributed by atoms with van der Waals surface area (Å²) < 4.78 is 5.54. The Morgan fingerprint density at radius 2 is 1.56 bits per heavy atom. The number of anilines is 1. The summed E-state index contributed by atoms with van der Waals surface area (Å²) >= 11 is 6.39. The third-order valence-electron chi connectivity index (χ3n) is 6.09. The highest BCUT2D eigenvalue weighted by molar-refractivity contribution is 6.33. The second-order valence-electron chi connectivity index (χ2n) is 8.26. The van der Waals surface area contributed by atoms with Crippen molar-refractivity contribution < 1.29 is 14.3 Å². The topological polar surface area (TPSA) is 59.5 Å². The Kier molecular flexibility index (Phi) is 6.65. The Morgan fingerprint density at radius 3 is 2.36 bits per heavy atom. The monoisotopic (exact) mass is 494 g/mol. The first-order valence-corrected chi connectivity index (χ1v) is 12.0. The van der Waals surface area contributed by atoms with Gasteiger partial charge in [0, 0.05) is 27.9 Å². The van der Waals surface area contributed by atoms with Gasteiger partial charge in [0.25, 0.3) is 5.91 Å². The fourth-order valence-electron chi connectivity index (χ4n) is 4.36. The fourth-order valence-corrected chi connectivity index (χ4v) is 4.59. The number of carbonyl (C=O) groups is 2. The molecule has 1 heterocycles. The van der Waals surface area contributed by atoms with Gasteiger partial charge in [-0.2, -0.15) is 0 Å². The van der Waals surface area contributed by atoms with Gasteiger partial charge in [-0.05, 0) is 36.6 Å². The molecule has 4 aromatic carbocycles. The quantitative estimate of drug-likeness (QED) is 0.240. The Hall–Kier alpha value is -4.22. The number of aromatic nitrogens is 1. The molecule has 0 fully saturated rings. The van der Waals surface area contributed by atoms with Gasteiger partial charge >= 0.3 is 5.97 Å². The first kappa shape index (κ1) is 23.5. The number of amides is 1. The van der Waals surface area contributed by atoms with E-state index in [9.17, 15) is 9.59 Å². The van der Waals surface area contributed by atoms with E-state index in [4.69, 9.17) is 16.3 Å². The molecule has 178 valence electrons. The van der Waals surface area contributed by atoms with Crippen LogP contribution < -0.4 is 4.90 Å². The number of halogens is 1. The number of ether oxygens (including phenoxy) is 1. The number of fused-ring (bicyclic) bond motifs is 2. The maximum absolute atomic E-state index is 13.2. The van der Waals surface area contributed by atoms with Crippen molar-refractivity contribution in [2.75, 3.05) is 18.1 Å². The summed E-state index contributed by atoms with van der Waals surface area (Å²) in [6, 6.07) is 30.0. The lowest BCUT2D eigenvalue weighted by molar-refractivity contribution is -0.121. The minimum absolute atomic E-state index is 0.299. The minimum atomic E-state index is -0.593. The minimum Gasteiger partial charge on any atom is -0.452 e. The Morgan fingerprint density at radius 1 is 0.861 bits per heavy atom. The molecular formula is C30H23ClN2O3. The van der Waals surface area contributed by atoms with Crippen LogP contribution in [-0.2, 0) is 9.53 Å². The van der Waals surface area contributed by atoms with E-state index in [1.165, 1.54) is 0 Å². The summed E-state index contributed by atoms with van der Waals surface area (Å²) in [5, 5.41) is 3.18. The van der Waals surface area contributed by atoms with Crippen LogP contribution in [-0.4, -0.2) is 30.0 Å². The predicted octanol–water partition coefficient (Wildman–Crippen LogP) is 6.92. The number of para-hydroxylation sites is 1. The number of nitrogens with zero attached hydrogens (tertiary/aromatic N) is 2. The van der Waals surface area contributed by atoms with Gasteiger partial charge in [0.15, 0.2) is 6.61 Å². The average Bonchev–Trinajstić information content (AvgIpc) is 2.92. The van der Waals surface area contributed by atoms with Gasteiger partial charge in [0.2, 0.25) is 0 Å². The number of carbonyl (C=O) groups excluding carboxylic acids is 2. The molecule has 0 aliphatic carbocycles. The summed E-state index contributed by atoms with van der Waals surface area (Å²) in [7, 11) is 0. The zero-order valence-corrected chi connectivity index (χ0v) is 20.4. The van der Waals surface area contributed by atoms with Crippen LogP contribution in [0.3, 0.4) is 0 Å². The van der Waals surface area contributed by atoms with Crippen molar-refractivity contribution in [2.24, 2.45) is 0 Å². The molecule has 5 aromatic rings. The van der Waals surface area contributed by atoms with E-state index in [2.05, 4.69) is 4.98 Å². The van der Waals surface area contributed by atoms with Crippen LogP contribution in [0.25, 0.3) is 32.9 Å². The molecule has 0 aliphatic rings. The van der Waals surface area contributed by atoms with Crippen LogP contribution in [0.5, 0.6) is 0 Å². The van der Waals surface area contributed by atoms with Gasteiger partial charge in [0.05, 0.1) is 22.5 Å². The lowest BCUT2D eigenvalue weighted by Crippen LogP contribution is -2.34. The molecule has 0 atom stereocenters. The molecular weight excluding hydrogens is 472 g/mol. The molecule has 1 amide bonds. The molecule has 0 saturated carbocycles. The van der Waals surface area contributed by atoms with E-state index < -0.39 is 5.97 Å². The van der Waals surface area contributed by atoms with Crippen LogP contribution in [0.15, 0.2) is 97.1 Å². The summed E-state index contributed by atoms with van der Waals surface area (Å²) in [5.74, 6) is -0.892. The molecule has 0 unspecified atom stereocenters. The molecule has 0 radical (unpaired) electrons. The molecule has 5 nitrogen and oxygen atoms in total. The largest absolute Gasteiger partial charge is 0.452 e. The summed E-state index contributed by atoms with van der Waals surface area (Å²) in [5.41, 5.74) is 3.02. The number of rotatable bonds is 6. The van der Waals surface area contributed by atoms with Crippen LogP contribution in [0.2, 0.25) is 5.02 Å². The molecule has 36 heavy (non-hydrogen) atoms. The number of pyridine rings is 1. The molecule has 1 aromatic heterocycles. The van der Waals surface area contributed by atoms with Crippen LogP contribution in [0, 0.1) is 0 Å². The SMILES string of the molecule is CCN(C(=O)COC(=O)c1cc(-c2ccccc2Cl)nc2ccccc12)c1cccc2ccccc12. The first-order valence-electron chi connectivity index (χ1n) is 11.7. The number of esters is 1. The molecule has 6 heteroatoms. The normalized spacial score (nSPS) is 10.9. The van der Waals surface area contributed by atoms with Gasteiger partial charge in [-0.25, -0.2) is 9.78 Å². The molecule has 0 saturated heterocycles. The van der Waals surface area contributed by atoms with Crippen LogP contribution in [0.1, 0.15) is 17.3 Å². The predicted molar refractivity (Wildman–Crippen MR) is 144 cm³/mol. The second-order valence-corrected chi connectivity index (χ2v) is 8.67. The standard InChI is InChI=1S/C30H23ClN2O3/c1-2-33(28-17-9-11-20-10-3-4-12-21(20)28)29(34)19-36-30(35)24-18-27(23-14-5-7-15-25(23)31)32-26-16-8-6-13-22(24)26/h3-18H,2,19H2,1H3. The van der Waals surface area contributed by atoms with Crippen molar-refractivity contribution in [2.45, 2.75) is 6.92 Å². The van der Waals surface area contributed by atoms with Gasteiger partial charge in [-0.15, -0.1) is 0 Å². The van der Waals surface area contributed by atoms with E-state index in [0.717, 1.165) is 16.5 Å². The van der Waals surface area contributed by atoms with Gasteiger partial charge in [-0.1, -0.05) is 84.4 Å². The Balaban J connectivity index is 1.43. The van der Waals surface area contributed by atoms with Crippen LogP contribution in [0.4, 0.5) is 5.69 Å². The number of hydrogen-bond acceptors (Lipinski definition) is 4. The van der Waals surface area contributed by atoms with Gasteiger partial charge < -0.3 is 9.64 Å². The maximum atomic E-state index is 13.2. The van der Waals surface area contributed by atoms with E-state index in [1.54, 1.807) is 17.0 Å². The second kappa shape index (κ2) is 10.2. The summed E-state index contributed by atoms with van der Waals surface area (Å²) in [6.45, 7) is 1.96. The highest BCUT2D eigenvalue weighted by atomic mass is 35.5. The number of hydrogen-bond donors (Lipinski definition) is 0. The van der Waals surface area contributed by atoms with Crippen molar-refractivity contribution >= 4 is 50.8 Å². The fraction of sp³-hybridized carbons (Fsp3) is 0.100. The molecule has 0 bridgehead atoms. The Labute approximate surface area is 213 Å². The van der Waals surface area contributed by atoms with Crippen LogP contribution >= 0.6 is 11.6 Å². The van der Waals surface area contributed by atoms with Gasteiger partial charge in [0.1, 0.15) is 0 Å². The molecule has 5 rings (SSSR count). The van der Waals surface area contributed by atoms with E-state index >= 15 is 0 Å². The van der Waals surface area contributed by atoms with Crippen molar-refractivity contribution in [3.8, 4) is 11.3 Å². The van der Waals surface area contributed by atoms with Crippen molar-refractivity contribution in [3.63, 3.8) is 0 Å². The lowest BCUT2D eigenvalue weighted by atomic mass is 10.0. The van der Waals surface area contributed by atoms with Crippen molar-refractivity contribution in [1.82, 2.24) is 4.98 Å². The lowest BCUT2D eigenvalue weighted by Gasteiger charge is -2.22. The Bertz CT molecular complexity index is 1590. The zero-order valence-electron chi connectivity index (χ0n) is 19.6. The third kappa shape index (κ3) is 4.53. The number of likely N-dealkylation sites (N-methyl/N-ethyl adjacent to an activating group) is 1. The number of benzene rings is 4. The van der Waals surface area contributed by atoms with E-state index in [-0.39, 0.29) is 12.5 Å². The van der Waals surface area contributed by atoms with Crippen molar-refractivity contribution in [1.29, 1.82) is 0 Å². The zero-order chi connectivity index (χ0) is 25.1. The highest BCUT2D eigenvalue weighted by Crippen LogP contribution is 2.30. The van der Waals surface area contributed by atoms with Gasteiger partial charge in [-0.3, -0.25) is 4.79 Å². The van der Waals surface area contributed by atoms with E-state index in [0.29, 0.717) is 39.3 Å². The molecule has 0 spiro atoms.